The zero-order valence-corrected chi connectivity index (χ0v) is 14.2. The number of halogens is 2. The molecule has 0 aliphatic rings. The van der Waals surface area contributed by atoms with E-state index in [1.807, 2.05) is 19.9 Å². The highest BCUT2D eigenvalue weighted by Crippen LogP contribution is 2.29. The monoisotopic (exact) mass is 330 g/mol. The average Bonchev–Trinajstić information content (AvgIpc) is 2.39. The van der Waals surface area contributed by atoms with Crippen molar-refractivity contribution in [2.75, 3.05) is 20.1 Å². The van der Waals surface area contributed by atoms with Crippen LogP contribution >= 0.6 is 23.2 Å². The van der Waals surface area contributed by atoms with Gasteiger partial charge in [0, 0.05) is 25.9 Å². The molecule has 0 fully saturated rings. The molecule has 1 aromatic carbocycles. The number of carbonyl (C=O) groups excluding carboxylic acids is 2. The molecule has 6 heteroatoms. The van der Waals surface area contributed by atoms with Crippen molar-refractivity contribution < 1.29 is 9.59 Å². The van der Waals surface area contributed by atoms with Crippen LogP contribution in [0.1, 0.15) is 26.3 Å². The number of hydrogen-bond donors (Lipinski definition) is 1. The van der Waals surface area contributed by atoms with E-state index in [0.29, 0.717) is 16.6 Å². The number of hydrogen-bond acceptors (Lipinski definition) is 2. The summed E-state index contributed by atoms with van der Waals surface area (Å²) in [5.41, 5.74) is 0.690. The predicted octanol–water partition coefficient (Wildman–Crippen LogP) is 2.87. The summed E-state index contributed by atoms with van der Waals surface area (Å²) in [5.74, 6) is -0.338. The number of rotatable bonds is 5. The first-order chi connectivity index (χ1) is 9.63. The van der Waals surface area contributed by atoms with Crippen molar-refractivity contribution in [3.05, 3.63) is 33.8 Å². The van der Waals surface area contributed by atoms with Gasteiger partial charge >= 0.3 is 0 Å². The molecule has 116 valence electrons. The Hall–Kier alpha value is -1.26. The molecular formula is C15H20Cl2N2O2. The van der Waals surface area contributed by atoms with Gasteiger partial charge < -0.3 is 10.2 Å². The van der Waals surface area contributed by atoms with Crippen molar-refractivity contribution in [3.63, 3.8) is 0 Å². The van der Waals surface area contributed by atoms with E-state index in [1.54, 1.807) is 19.2 Å². The normalized spacial score (nSPS) is 11.1. The van der Waals surface area contributed by atoms with Gasteiger partial charge in [0.2, 0.25) is 11.8 Å². The topological polar surface area (TPSA) is 49.4 Å². The van der Waals surface area contributed by atoms with Crippen LogP contribution in [-0.2, 0) is 15.0 Å². The fourth-order valence-electron chi connectivity index (χ4n) is 1.72. The molecule has 1 rings (SSSR count). The van der Waals surface area contributed by atoms with Crippen molar-refractivity contribution in [1.82, 2.24) is 10.2 Å². The molecule has 21 heavy (non-hydrogen) atoms. The minimum absolute atomic E-state index is 0.0484. The fraction of sp³-hybridized carbons (Fsp3) is 0.467. The number of benzene rings is 1. The van der Waals surface area contributed by atoms with E-state index in [1.165, 1.54) is 11.8 Å². The molecule has 0 heterocycles. The molecule has 0 atom stereocenters. The lowest BCUT2D eigenvalue weighted by atomic mass is 9.84. The molecule has 0 bridgehead atoms. The molecule has 0 saturated heterocycles. The van der Waals surface area contributed by atoms with Gasteiger partial charge in [0.1, 0.15) is 0 Å². The average molecular weight is 331 g/mol. The predicted molar refractivity (Wildman–Crippen MR) is 85.8 cm³/mol. The first-order valence-corrected chi connectivity index (χ1v) is 7.33. The van der Waals surface area contributed by atoms with Crippen LogP contribution in [-0.4, -0.2) is 36.9 Å². The molecule has 0 saturated carbocycles. The second-order valence-electron chi connectivity index (χ2n) is 5.66. The number of carbonyl (C=O) groups is 2. The molecule has 0 spiro atoms. The molecule has 0 unspecified atom stereocenters. The van der Waals surface area contributed by atoms with Crippen LogP contribution in [0.3, 0.4) is 0 Å². The maximum absolute atomic E-state index is 11.8. The zero-order valence-electron chi connectivity index (χ0n) is 12.7. The highest BCUT2D eigenvalue weighted by atomic mass is 35.5. The van der Waals surface area contributed by atoms with Gasteiger partial charge in [0.15, 0.2) is 0 Å². The van der Waals surface area contributed by atoms with Crippen LogP contribution in [0.5, 0.6) is 0 Å². The highest BCUT2D eigenvalue weighted by molar-refractivity contribution is 6.42. The maximum atomic E-state index is 11.8. The molecule has 0 radical (unpaired) electrons. The minimum Gasteiger partial charge on any atom is -0.354 e. The van der Waals surface area contributed by atoms with Crippen molar-refractivity contribution in [1.29, 1.82) is 0 Å². The number of likely N-dealkylation sites (N-methyl/N-ethyl adjacent to an activating group) is 1. The van der Waals surface area contributed by atoms with Gasteiger partial charge in [0.25, 0.3) is 0 Å². The van der Waals surface area contributed by atoms with Crippen molar-refractivity contribution in [2.24, 2.45) is 0 Å². The Labute approximate surface area is 135 Å². The smallest absolute Gasteiger partial charge is 0.239 e. The Kier molecular flexibility index (Phi) is 6.05. The second kappa shape index (κ2) is 7.14. The summed E-state index contributed by atoms with van der Waals surface area (Å²) in [4.78, 5) is 24.3. The van der Waals surface area contributed by atoms with E-state index in [-0.39, 0.29) is 23.8 Å². The van der Waals surface area contributed by atoms with Crippen molar-refractivity contribution in [2.45, 2.75) is 26.2 Å². The van der Waals surface area contributed by atoms with Crippen LogP contribution in [0.4, 0.5) is 0 Å². The van der Waals surface area contributed by atoms with E-state index in [0.717, 1.165) is 5.56 Å². The highest BCUT2D eigenvalue weighted by Gasteiger charge is 2.22. The molecule has 2 amide bonds. The van der Waals surface area contributed by atoms with E-state index in [4.69, 9.17) is 23.2 Å². The first-order valence-electron chi connectivity index (χ1n) is 6.57. The van der Waals surface area contributed by atoms with Crippen molar-refractivity contribution >= 4 is 35.0 Å². The lowest BCUT2D eigenvalue weighted by Crippen LogP contribution is -2.42. The standard InChI is InChI=1S/C15H20Cl2N2O2/c1-10(20)19(4)8-14(21)18-9-15(2,3)11-5-6-12(16)13(17)7-11/h5-7H,8-9H2,1-4H3,(H,18,21). The van der Waals surface area contributed by atoms with Crippen LogP contribution < -0.4 is 5.32 Å². The third-order valence-corrected chi connectivity index (χ3v) is 4.09. The SMILES string of the molecule is CC(=O)N(C)CC(=O)NCC(C)(C)c1ccc(Cl)c(Cl)c1. The summed E-state index contributed by atoms with van der Waals surface area (Å²) in [5, 5.41) is 3.83. The summed E-state index contributed by atoms with van der Waals surface area (Å²) < 4.78 is 0. The Morgan fingerprint density at radius 2 is 1.86 bits per heavy atom. The Morgan fingerprint density at radius 3 is 2.38 bits per heavy atom. The molecular weight excluding hydrogens is 311 g/mol. The van der Waals surface area contributed by atoms with Gasteiger partial charge in [-0.1, -0.05) is 43.1 Å². The van der Waals surface area contributed by atoms with E-state index in [9.17, 15) is 9.59 Å². The zero-order chi connectivity index (χ0) is 16.2. The van der Waals surface area contributed by atoms with E-state index < -0.39 is 0 Å². The molecule has 0 aromatic heterocycles. The van der Waals surface area contributed by atoms with Gasteiger partial charge in [-0.05, 0) is 17.7 Å². The summed E-state index contributed by atoms with van der Waals surface area (Å²) >= 11 is 11.9. The summed E-state index contributed by atoms with van der Waals surface area (Å²) in [6.07, 6.45) is 0. The third kappa shape index (κ3) is 5.21. The number of nitrogens with zero attached hydrogens (tertiary/aromatic N) is 1. The van der Waals surface area contributed by atoms with Crippen LogP contribution in [0, 0.1) is 0 Å². The van der Waals surface area contributed by atoms with E-state index in [2.05, 4.69) is 5.32 Å². The molecule has 0 aliphatic carbocycles. The second-order valence-corrected chi connectivity index (χ2v) is 6.48. The molecule has 1 N–H and O–H groups in total. The van der Waals surface area contributed by atoms with Crippen LogP contribution in [0.2, 0.25) is 10.0 Å². The summed E-state index contributed by atoms with van der Waals surface area (Å²) in [6.45, 7) is 5.92. The van der Waals surface area contributed by atoms with Gasteiger partial charge in [-0.25, -0.2) is 0 Å². The first kappa shape index (κ1) is 17.8. The quantitative estimate of drug-likeness (QED) is 0.902. The lowest BCUT2D eigenvalue weighted by molar-refractivity contribution is -0.133. The van der Waals surface area contributed by atoms with Gasteiger partial charge in [-0.2, -0.15) is 0 Å². The van der Waals surface area contributed by atoms with Crippen LogP contribution in [0.15, 0.2) is 18.2 Å². The Balaban J connectivity index is 2.66. The van der Waals surface area contributed by atoms with Gasteiger partial charge in [0.05, 0.1) is 16.6 Å². The fourth-order valence-corrected chi connectivity index (χ4v) is 2.02. The maximum Gasteiger partial charge on any atom is 0.239 e. The van der Waals surface area contributed by atoms with E-state index >= 15 is 0 Å². The Bertz CT molecular complexity index is 544. The minimum atomic E-state index is -0.293. The summed E-state index contributed by atoms with van der Waals surface area (Å²) in [6, 6.07) is 5.44. The molecule has 4 nitrogen and oxygen atoms in total. The van der Waals surface area contributed by atoms with Gasteiger partial charge in [-0.15, -0.1) is 0 Å². The summed E-state index contributed by atoms with van der Waals surface area (Å²) in [7, 11) is 1.59. The van der Waals surface area contributed by atoms with Gasteiger partial charge in [-0.3, -0.25) is 9.59 Å². The molecule has 0 aliphatic heterocycles. The third-order valence-electron chi connectivity index (χ3n) is 3.35. The lowest BCUT2D eigenvalue weighted by Gasteiger charge is -2.26. The largest absolute Gasteiger partial charge is 0.354 e. The van der Waals surface area contributed by atoms with Crippen LogP contribution in [0.25, 0.3) is 0 Å². The van der Waals surface area contributed by atoms with Crippen molar-refractivity contribution in [3.8, 4) is 0 Å². The number of amides is 2. The Morgan fingerprint density at radius 1 is 1.24 bits per heavy atom. The number of nitrogens with one attached hydrogen (secondary N) is 1. The molecule has 1 aromatic rings.